The van der Waals surface area contributed by atoms with Crippen LogP contribution in [-0.2, 0) is 13.1 Å². The van der Waals surface area contributed by atoms with E-state index in [2.05, 4.69) is 5.32 Å². The van der Waals surface area contributed by atoms with Crippen molar-refractivity contribution in [3.05, 3.63) is 81.6 Å². The summed E-state index contributed by atoms with van der Waals surface area (Å²) >= 11 is 0. The highest BCUT2D eigenvalue weighted by atomic mass is 16.6. The van der Waals surface area contributed by atoms with Crippen LogP contribution in [-0.4, -0.2) is 21.1 Å². The van der Waals surface area contributed by atoms with Crippen molar-refractivity contribution in [3.8, 4) is 17.1 Å². The summed E-state index contributed by atoms with van der Waals surface area (Å²) < 4.78 is 5.71. The number of nitro benzene ring substituents is 1. The molecule has 0 aliphatic carbocycles. The molecule has 138 valence electrons. The van der Waals surface area contributed by atoms with E-state index >= 15 is 0 Å². The number of carboxylic acids is 1. The summed E-state index contributed by atoms with van der Waals surface area (Å²) in [7, 11) is 0. The molecule has 3 N–H and O–H groups in total. The van der Waals surface area contributed by atoms with Crippen molar-refractivity contribution >= 4 is 11.7 Å². The fraction of sp³-hybridized carbons (Fsp3) is 0.105. The molecule has 0 saturated carbocycles. The number of benzene rings is 2. The maximum absolute atomic E-state index is 11.1. The number of carboxylic acid groups (broad SMARTS) is 1. The van der Waals surface area contributed by atoms with Gasteiger partial charge in [-0.05, 0) is 35.9 Å². The van der Waals surface area contributed by atoms with Gasteiger partial charge in [-0.15, -0.1) is 0 Å². The first-order valence-corrected chi connectivity index (χ1v) is 8.03. The Morgan fingerprint density at radius 1 is 1.07 bits per heavy atom. The van der Waals surface area contributed by atoms with E-state index in [9.17, 15) is 20.0 Å². The number of nitro groups is 1. The zero-order chi connectivity index (χ0) is 19.4. The zero-order valence-electron chi connectivity index (χ0n) is 14.1. The van der Waals surface area contributed by atoms with E-state index in [4.69, 9.17) is 9.52 Å². The molecule has 0 saturated heterocycles. The van der Waals surface area contributed by atoms with Gasteiger partial charge in [-0.3, -0.25) is 10.1 Å². The fourth-order valence-electron chi connectivity index (χ4n) is 2.55. The number of hydrogen-bond donors (Lipinski definition) is 3. The van der Waals surface area contributed by atoms with E-state index < -0.39 is 10.9 Å². The third-order valence-electron chi connectivity index (χ3n) is 3.95. The second-order valence-corrected chi connectivity index (χ2v) is 5.83. The van der Waals surface area contributed by atoms with Crippen LogP contribution in [0.3, 0.4) is 0 Å². The van der Waals surface area contributed by atoms with Crippen LogP contribution in [0.2, 0.25) is 0 Å². The van der Waals surface area contributed by atoms with Crippen LogP contribution in [0.4, 0.5) is 5.69 Å². The molecule has 0 atom stereocenters. The molecule has 27 heavy (non-hydrogen) atoms. The van der Waals surface area contributed by atoms with Gasteiger partial charge in [0.15, 0.2) is 0 Å². The standard InChI is InChI=1S/C19H16N2O6/c22-17-7-3-13(9-16(17)19(23)24)18-8-6-15(27-18)11-20-10-12-1-4-14(5-2-12)21(25)26/h1-9,20,22H,10-11H2,(H,23,24). The predicted molar refractivity (Wildman–Crippen MR) is 96.4 cm³/mol. The molecule has 3 aromatic rings. The Labute approximate surface area is 153 Å². The summed E-state index contributed by atoms with van der Waals surface area (Å²) in [6.07, 6.45) is 0. The molecule has 0 fully saturated rings. The van der Waals surface area contributed by atoms with Crippen molar-refractivity contribution in [1.29, 1.82) is 0 Å². The minimum absolute atomic E-state index is 0.0454. The quantitative estimate of drug-likeness (QED) is 0.430. The van der Waals surface area contributed by atoms with Gasteiger partial charge in [0.2, 0.25) is 0 Å². The highest BCUT2D eigenvalue weighted by molar-refractivity contribution is 5.92. The van der Waals surface area contributed by atoms with E-state index in [0.717, 1.165) is 5.56 Å². The number of nitrogens with one attached hydrogen (secondary N) is 1. The Balaban J connectivity index is 1.62. The highest BCUT2D eigenvalue weighted by Crippen LogP contribution is 2.27. The molecular weight excluding hydrogens is 352 g/mol. The summed E-state index contributed by atoms with van der Waals surface area (Å²) in [6, 6.07) is 14.0. The van der Waals surface area contributed by atoms with Gasteiger partial charge in [-0.1, -0.05) is 12.1 Å². The van der Waals surface area contributed by atoms with Gasteiger partial charge in [0.05, 0.1) is 11.5 Å². The Bertz CT molecular complexity index is 978. The molecule has 3 rings (SSSR count). The van der Waals surface area contributed by atoms with Gasteiger partial charge < -0.3 is 19.9 Å². The third-order valence-corrected chi connectivity index (χ3v) is 3.95. The first-order chi connectivity index (χ1) is 12.9. The molecule has 2 aromatic carbocycles. The summed E-state index contributed by atoms with van der Waals surface area (Å²) in [5.41, 5.74) is 1.30. The van der Waals surface area contributed by atoms with Gasteiger partial charge in [0.1, 0.15) is 22.8 Å². The monoisotopic (exact) mass is 368 g/mol. The van der Waals surface area contributed by atoms with Gasteiger partial charge in [-0.25, -0.2) is 4.79 Å². The van der Waals surface area contributed by atoms with Crippen LogP contribution in [0.15, 0.2) is 59.0 Å². The largest absolute Gasteiger partial charge is 0.507 e. The molecule has 0 aliphatic heterocycles. The van der Waals surface area contributed by atoms with E-state index in [1.165, 1.54) is 24.3 Å². The molecule has 0 amide bonds. The Hall–Kier alpha value is -3.65. The first-order valence-electron chi connectivity index (χ1n) is 8.03. The number of hydrogen-bond acceptors (Lipinski definition) is 6. The lowest BCUT2D eigenvalue weighted by atomic mass is 10.1. The van der Waals surface area contributed by atoms with Gasteiger partial charge in [0.25, 0.3) is 5.69 Å². The third kappa shape index (κ3) is 4.31. The summed E-state index contributed by atoms with van der Waals surface area (Å²) in [5.74, 6) is -0.379. The maximum atomic E-state index is 11.1. The molecule has 8 heteroatoms. The van der Waals surface area contributed by atoms with Crippen molar-refractivity contribution < 1.29 is 24.3 Å². The van der Waals surface area contributed by atoms with Crippen LogP contribution < -0.4 is 5.32 Å². The van der Waals surface area contributed by atoms with Crippen LogP contribution in [0.25, 0.3) is 11.3 Å². The second-order valence-electron chi connectivity index (χ2n) is 5.83. The predicted octanol–water partition coefficient (Wildman–Crippen LogP) is 3.55. The van der Waals surface area contributed by atoms with Crippen molar-refractivity contribution in [2.45, 2.75) is 13.1 Å². The van der Waals surface area contributed by atoms with Gasteiger partial charge in [-0.2, -0.15) is 0 Å². The SMILES string of the molecule is O=C(O)c1cc(-c2ccc(CNCc3ccc([N+](=O)[O-])cc3)o2)ccc1O. The van der Waals surface area contributed by atoms with Gasteiger partial charge in [0, 0.05) is 24.2 Å². The summed E-state index contributed by atoms with van der Waals surface area (Å²) in [4.78, 5) is 21.3. The first kappa shape index (κ1) is 18.2. The Kier molecular flexibility index (Phi) is 5.18. The van der Waals surface area contributed by atoms with Crippen LogP contribution >= 0.6 is 0 Å². The second kappa shape index (κ2) is 7.71. The number of non-ortho nitro benzene ring substituents is 1. The Morgan fingerprint density at radius 2 is 1.81 bits per heavy atom. The number of carbonyl (C=O) groups is 1. The Morgan fingerprint density at radius 3 is 2.48 bits per heavy atom. The molecule has 1 heterocycles. The molecule has 0 unspecified atom stereocenters. The zero-order valence-corrected chi connectivity index (χ0v) is 14.1. The van der Waals surface area contributed by atoms with Crippen LogP contribution in [0, 0.1) is 10.1 Å². The number of phenols is 1. The van der Waals surface area contributed by atoms with Crippen molar-refractivity contribution in [3.63, 3.8) is 0 Å². The molecule has 1 aromatic heterocycles. The maximum Gasteiger partial charge on any atom is 0.339 e. The van der Waals surface area contributed by atoms with E-state index in [0.29, 0.717) is 30.2 Å². The minimum atomic E-state index is -1.22. The molecule has 0 bridgehead atoms. The van der Waals surface area contributed by atoms with Crippen LogP contribution in [0.1, 0.15) is 21.7 Å². The fourth-order valence-corrected chi connectivity index (χ4v) is 2.55. The normalized spacial score (nSPS) is 10.7. The molecular formula is C19H16N2O6. The molecule has 0 spiro atoms. The number of nitrogens with zero attached hydrogens (tertiary/aromatic N) is 1. The molecule has 0 radical (unpaired) electrons. The topological polar surface area (TPSA) is 126 Å². The van der Waals surface area contributed by atoms with Crippen LogP contribution in [0.5, 0.6) is 5.75 Å². The lowest BCUT2D eigenvalue weighted by molar-refractivity contribution is -0.384. The summed E-state index contributed by atoms with van der Waals surface area (Å²) in [6.45, 7) is 0.942. The molecule has 8 nitrogen and oxygen atoms in total. The van der Waals surface area contributed by atoms with Crippen molar-refractivity contribution in [1.82, 2.24) is 5.32 Å². The minimum Gasteiger partial charge on any atom is -0.507 e. The average molecular weight is 368 g/mol. The lowest BCUT2D eigenvalue weighted by Crippen LogP contribution is -2.12. The molecule has 0 aliphatic rings. The van der Waals surface area contributed by atoms with Gasteiger partial charge >= 0.3 is 5.97 Å². The average Bonchev–Trinajstić information content (AvgIpc) is 3.11. The number of furan rings is 1. The van der Waals surface area contributed by atoms with E-state index in [1.807, 2.05) is 0 Å². The number of aromatic carboxylic acids is 1. The number of aromatic hydroxyl groups is 1. The lowest BCUT2D eigenvalue weighted by Gasteiger charge is -2.04. The summed E-state index contributed by atoms with van der Waals surface area (Å²) in [5, 5.41) is 32.5. The highest BCUT2D eigenvalue weighted by Gasteiger charge is 2.13. The van der Waals surface area contributed by atoms with E-state index in [1.54, 1.807) is 30.3 Å². The number of rotatable bonds is 7. The van der Waals surface area contributed by atoms with Crippen molar-refractivity contribution in [2.75, 3.05) is 0 Å². The van der Waals surface area contributed by atoms with E-state index in [-0.39, 0.29) is 17.0 Å². The van der Waals surface area contributed by atoms with Crippen molar-refractivity contribution in [2.24, 2.45) is 0 Å². The smallest absolute Gasteiger partial charge is 0.339 e.